The van der Waals surface area contributed by atoms with Crippen molar-refractivity contribution in [1.29, 1.82) is 0 Å². The van der Waals surface area contributed by atoms with E-state index >= 15 is 0 Å². The maximum absolute atomic E-state index is 5.85. The van der Waals surface area contributed by atoms with E-state index < -0.39 is 0 Å². The molecule has 0 bridgehead atoms. The van der Waals surface area contributed by atoms with Gasteiger partial charge in [-0.2, -0.15) is 0 Å². The van der Waals surface area contributed by atoms with Crippen LogP contribution in [0.4, 0.5) is 0 Å². The van der Waals surface area contributed by atoms with E-state index in [4.69, 9.17) is 9.47 Å². The molecular weight excluding hydrogens is 192 g/mol. The SMILES string of the molecule is CNCc1cnccc1OC1CCOC1. The Morgan fingerprint density at radius 1 is 1.67 bits per heavy atom. The molecule has 1 unspecified atom stereocenters. The van der Waals surface area contributed by atoms with Gasteiger partial charge >= 0.3 is 0 Å². The van der Waals surface area contributed by atoms with E-state index in [0.717, 1.165) is 30.9 Å². The molecule has 1 aliphatic heterocycles. The van der Waals surface area contributed by atoms with Crippen LogP contribution in [0.15, 0.2) is 18.5 Å². The Hall–Kier alpha value is -1.13. The molecule has 1 atom stereocenters. The van der Waals surface area contributed by atoms with Crippen molar-refractivity contribution in [1.82, 2.24) is 10.3 Å². The number of nitrogens with one attached hydrogen (secondary N) is 1. The summed E-state index contributed by atoms with van der Waals surface area (Å²) in [5, 5.41) is 3.10. The van der Waals surface area contributed by atoms with E-state index in [1.54, 1.807) is 6.20 Å². The second kappa shape index (κ2) is 5.09. The molecule has 1 fully saturated rings. The van der Waals surface area contributed by atoms with Crippen molar-refractivity contribution in [2.75, 3.05) is 20.3 Å². The Bertz CT molecular complexity index is 311. The molecule has 15 heavy (non-hydrogen) atoms. The fourth-order valence-electron chi connectivity index (χ4n) is 1.64. The van der Waals surface area contributed by atoms with Gasteiger partial charge in [0.25, 0.3) is 0 Å². The van der Waals surface area contributed by atoms with Gasteiger partial charge in [-0.25, -0.2) is 0 Å². The van der Waals surface area contributed by atoms with Gasteiger partial charge in [-0.3, -0.25) is 4.98 Å². The van der Waals surface area contributed by atoms with E-state index in [1.807, 2.05) is 19.3 Å². The molecule has 1 saturated heterocycles. The molecule has 0 spiro atoms. The van der Waals surface area contributed by atoms with Gasteiger partial charge in [0.1, 0.15) is 11.9 Å². The zero-order valence-electron chi connectivity index (χ0n) is 8.90. The molecule has 0 aliphatic carbocycles. The zero-order valence-corrected chi connectivity index (χ0v) is 8.90. The summed E-state index contributed by atoms with van der Waals surface area (Å²) in [6.07, 6.45) is 4.76. The largest absolute Gasteiger partial charge is 0.487 e. The zero-order chi connectivity index (χ0) is 10.5. The molecule has 1 aromatic rings. The maximum Gasteiger partial charge on any atom is 0.127 e. The number of aromatic nitrogens is 1. The Morgan fingerprint density at radius 3 is 3.33 bits per heavy atom. The molecule has 4 heteroatoms. The van der Waals surface area contributed by atoms with Crippen molar-refractivity contribution in [3.05, 3.63) is 24.0 Å². The molecule has 2 heterocycles. The van der Waals surface area contributed by atoms with E-state index in [-0.39, 0.29) is 6.10 Å². The maximum atomic E-state index is 5.85. The molecule has 82 valence electrons. The predicted octanol–water partition coefficient (Wildman–Crippen LogP) is 0.969. The minimum atomic E-state index is 0.197. The van der Waals surface area contributed by atoms with Gasteiger partial charge in [0.2, 0.25) is 0 Å². The van der Waals surface area contributed by atoms with Crippen molar-refractivity contribution < 1.29 is 9.47 Å². The molecule has 0 aromatic carbocycles. The topological polar surface area (TPSA) is 43.4 Å². The standard InChI is InChI=1S/C11H16N2O2/c1-12-6-9-7-13-4-2-11(9)15-10-3-5-14-8-10/h2,4,7,10,12H,3,5-6,8H2,1H3. The predicted molar refractivity (Wildman–Crippen MR) is 56.9 cm³/mol. The van der Waals surface area contributed by atoms with Crippen LogP contribution in [-0.4, -0.2) is 31.3 Å². The molecule has 0 radical (unpaired) electrons. The minimum absolute atomic E-state index is 0.197. The third-order valence-electron chi connectivity index (χ3n) is 2.41. The molecule has 4 nitrogen and oxygen atoms in total. The molecule has 1 aliphatic rings. The molecule has 1 N–H and O–H groups in total. The second-order valence-corrected chi connectivity index (χ2v) is 3.62. The summed E-state index contributed by atoms with van der Waals surface area (Å²) in [6.45, 7) is 2.27. The van der Waals surface area contributed by atoms with Crippen LogP contribution in [-0.2, 0) is 11.3 Å². The van der Waals surface area contributed by atoms with E-state index in [2.05, 4.69) is 10.3 Å². The fourth-order valence-corrected chi connectivity index (χ4v) is 1.64. The van der Waals surface area contributed by atoms with Gasteiger partial charge in [-0.1, -0.05) is 0 Å². The summed E-state index contributed by atoms with van der Waals surface area (Å²) in [6, 6.07) is 1.91. The molecular formula is C11H16N2O2. The number of pyridine rings is 1. The lowest BCUT2D eigenvalue weighted by Gasteiger charge is -2.14. The van der Waals surface area contributed by atoms with Crippen molar-refractivity contribution in [3.63, 3.8) is 0 Å². The second-order valence-electron chi connectivity index (χ2n) is 3.62. The number of hydrogen-bond donors (Lipinski definition) is 1. The molecule has 0 amide bonds. The van der Waals surface area contributed by atoms with Crippen LogP contribution in [0.5, 0.6) is 5.75 Å². The first-order valence-corrected chi connectivity index (χ1v) is 5.22. The first kappa shape index (κ1) is 10.4. The van der Waals surface area contributed by atoms with Crippen LogP contribution in [0.2, 0.25) is 0 Å². The van der Waals surface area contributed by atoms with Gasteiger partial charge in [0.05, 0.1) is 13.2 Å². The van der Waals surface area contributed by atoms with Crippen LogP contribution >= 0.6 is 0 Å². The number of rotatable bonds is 4. The Labute approximate surface area is 89.6 Å². The monoisotopic (exact) mass is 208 g/mol. The van der Waals surface area contributed by atoms with Crippen molar-refractivity contribution in [3.8, 4) is 5.75 Å². The summed E-state index contributed by atoms with van der Waals surface area (Å²) in [7, 11) is 1.91. The quantitative estimate of drug-likeness (QED) is 0.800. The van der Waals surface area contributed by atoms with Crippen molar-refractivity contribution >= 4 is 0 Å². The number of ether oxygens (including phenoxy) is 2. The van der Waals surface area contributed by atoms with E-state index in [9.17, 15) is 0 Å². The lowest BCUT2D eigenvalue weighted by molar-refractivity contribution is 0.140. The molecule has 0 saturated carbocycles. The highest BCUT2D eigenvalue weighted by molar-refractivity contribution is 5.30. The van der Waals surface area contributed by atoms with Crippen LogP contribution in [0, 0.1) is 0 Å². The lowest BCUT2D eigenvalue weighted by atomic mass is 10.2. The van der Waals surface area contributed by atoms with Crippen LogP contribution < -0.4 is 10.1 Å². The average Bonchev–Trinajstić information content (AvgIpc) is 2.74. The van der Waals surface area contributed by atoms with Crippen molar-refractivity contribution in [2.24, 2.45) is 0 Å². The highest BCUT2D eigenvalue weighted by Gasteiger charge is 2.18. The summed E-state index contributed by atoms with van der Waals surface area (Å²) < 4.78 is 11.1. The highest BCUT2D eigenvalue weighted by Crippen LogP contribution is 2.20. The summed E-state index contributed by atoms with van der Waals surface area (Å²) in [4.78, 5) is 4.09. The van der Waals surface area contributed by atoms with Crippen LogP contribution in [0.3, 0.4) is 0 Å². The average molecular weight is 208 g/mol. The fraction of sp³-hybridized carbons (Fsp3) is 0.545. The summed E-state index contributed by atoms with van der Waals surface area (Å²) in [5.74, 6) is 0.912. The Balaban J connectivity index is 2.05. The Morgan fingerprint density at radius 2 is 2.60 bits per heavy atom. The highest BCUT2D eigenvalue weighted by atomic mass is 16.5. The number of hydrogen-bond acceptors (Lipinski definition) is 4. The summed E-state index contributed by atoms with van der Waals surface area (Å²) in [5.41, 5.74) is 1.09. The first-order valence-electron chi connectivity index (χ1n) is 5.22. The third-order valence-corrected chi connectivity index (χ3v) is 2.41. The summed E-state index contributed by atoms with van der Waals surface area (Å²) >= 11 is 0. The van der Waals surface area contributed by atoms with E-state index in [1.165, 1.54) is 0 Å². The van der Waals surface area contributed by atoms with Crippen LogP contribution in [0.1, 0.15) is 12.0 Å². The first-order chi connectivity index (χ1) is 7.40. The van der Waals surface area contributed by atoms with Gasteiger partial charge in [-0.05, 0) is 13.1 Å². The van der Waals surface area contributed by atoms with Crippen LogP contribution in [0.25, 0.3) is 0 Å². The molecule has 1 aromatic heterocycles. The number of nitrogens with zero attached hydrogens (tertiary/aromatic N) is 1. The molecule has 2 rings (SSSR count). The minimum Gasteiger partial charge on any atom is -0.487 e. The third kappa shape index (κ3) is 2.67. The lowest BCUT2D eigenvalue weighted by Crippen LogP contribution is -2.17. The smallest absolute Gasteiger partial charge is 0.127 e. The van der Waals surface area contributed by atoms with Gasteiger partial charge in [0.15, 0.2) is 0 Å². The Kier molecular flexibility index (Phi) is 3.53. The van der Waals surface area contributed by atoms with Gasteiger partial charge < -0.3 is 14.8 Å². The van der Waals surface area contributed by atoms with Crippen molar-refractivity contribution in [2.45, 2.75) is 19.1 Å². The van der Waals surface area contributed by atoms with Gasteiger partial charge in [-0.15, -0.1) is 0 Å². The van der Waals surface area contributed by atoms with Gasteiger partial charge in [0, 0.05) is 30.9 Å². The normalized spacial score (nSPS) is 20.5. The van der Waals surface area contributed by atoms with E-state index in [0.29, 0.717) is 6.61 Å².